The molecule has 0 spiro atoms. The maximum Gasteiger partial charge on any atom is 0.233 e. The number of carbonyl (C=O) groups is 1. The minimum atomic E-state index is 0.0990. The van der Waals surface area contributed by atoms with Gasteiger partial charge in [-0.15, -0.1) is 5.10 Å². The number of rotatable bonds is 6. The number of H-pyrrole nitrogens is 1. The fourth-order valence-electron chi connectivity index (χ4n) is 2.94. The highest BCUT2D eigenvalue weighted by Gasteiger charge is 2.16. The van der Waals surface area contributed by atoms with Gasteiger partial charge in [0.15, 0.2) is 5.16 Å². The van der Waals surface area contributed by atoms with Crippen molar-refractivity contribution in [3.8, 4) is 0 Å². The second kappa shape index (κ2) is 7.21. The van der Waals surface area contributed by atoms with Crippen molar-refractivity contribution in [1.29, 1.82) is 0 Å². The number of benzene rings is 2. The Morgan fingerprint density at radius 3 is 2.73 bits per heavy atom. The molecule has 6 nitrogen and oxygen atoms in total. The first-order valence-corrected chi connectivity index (χ1v) is 9.51. The van der Waals surface area contributed by atoms with E-state index in [1.807, 2.05) is 70.8 Å². The van der Waals surface area contributed by atoms with Crippen molar-refractivity contribution < 1.29 is 4.79 Å². The summed E-state index contributed by atoms with van der Waals surface area (Å²) < 4.78 is 1.96. The minimum absolute atomic E-state index is 0.0990. The van der Waals surface area contributed by atoms with Crippen molar-refractivity contribution in [1.82, 2.24) is 24.5 Å². The molecule has 0 saturated carbocycles. The number of fused-ring (bicyclic) bond motifs is 3. The van der Waals surface area contributed by atoms with Crippen LogP contribution in [0.15, 0.2) is 59.8 Å². The number of carbonyl (C=O) groups excluding carboxylic acids is 1. The summed E-state index contributed by atoms with van der Waals surface area (Å²) in [6, 6.07) is 18.0. The average molecular weight is 365 g/mol. The van der Waals surface area contributed by atoms with Crippen LogP contribution in [0, 0.1) is 0 Å². The molecule has 4 rings (SSSR count). The molecule has 4 aromatic rings. The van der Waals surface area contributed by atoms with Crippen LogP contribution in [0.1, 0.15) is 12.5 Å². The Balaban J connectivity index is 1.49. The Hall–Kier alpha value is -2.80. The maximum absolute atomic E-state index is 12.7. The molecule has 1 amide bonds. The quantitative estimate of drug-likeness (QED) is 0.532. The van der Waals surface area contributed by atoms with Crippen molar-refractivity contribution in [3.63, 3.8) is 0 Å². The average Bonchev–Trinajstić information content (AvgIpc) is 3.24. The predicted molar refractivity (Wildman–Crippen MR) is 103 cm³/mol. The van der Waals surface area contributed by atoms with Gasteiger partial charge in [-0.05, 0) is 24.6 Å². The lowest BCUT2D eigenvalue weighted by Crippen LogP contribution is -2.31. The monoisotopic (exact) mass is 365 g/mol. The van der Waals surface area contributed by atoms with Gasteiger partial charge in [-0.25, -0.2) is 10.1 Å². The number of para-hydroxylation sites is 2. The smallest absolute Gasteiger partial charge is 0.233 e. The fraction of sp³-hybridized carbons (Fsp3) is 0.211. The first kappa shape index (κ1) is 16.7. The maximum atomic E-state index is 12.7. The second-order valence-electron chi connectivity index (χ2n) is 5.95. The molecule has 0 fully saturated rings. The molecule has 0 atom stereocenters. The number of aromatic nitrogens is 4. The zero-order valence-electron chi connectivity index (χ0n) is 14.4. The van der Waals surface area contributed by atoms with E-state index in [1.165, 1.54) is 11.8 Å². The molecule has 2 aromatic carbocycles. The van der Waals surface area contributed by atoms with Gasteiger partial charge >= 0.3 is 0 Å². The van der Waals surface area contributed by atoms with Crippen LogP contribution in [-0.4, -0.2) is 42.7 Å². The van der Waals surface area contributed by atoms with Gasteiger partial charge < -0.3 is 4.90 Å². The van der Waals surface area contributed by atoms with Crippen LogP contribution in [0.2, 0.25) is 0 Å². The van der Waals surface area contributed by atoms with E-state index in [-0.39, 0.29) is 5.91 Å². The largest absolute Gasteiger partial charge is 0.338 e. The van der Waals surface area contributed by atoms with E-state index in [4.69, 9.17) is 0 Å². The topological polar surface area (TPSA) is 66.3 Å². The Kier molecular flexibility index (Phi) is 4.62. The van der Waals surface area contributed by atoms with Crippen molar-refractivity contribution in [2.45, 2.75) is 18.6 Å². The molecule has 2 heterocycles. The van der Waals surface area contributed by atoms with Crippen LogP contribution in [0.25, 0.3) is 16.8 Å². The van der Waals surface area contributed by atoms with Crippen molar-refractivity contribution in [2.75, 3.05) is 12.3 Å². The Labute approximate surface area is 155 Å². The lowest BCUT2D eigenvalue weighted by molar-refractivity contribution is -0.128. The SMILES string of the molecule is CCN(Cc1ccccc1)C(=O)CSc1n[nH]c2nc3ccccc3n12. The number of imidazole rings is 1. The van der Waals surface area contributed by atoms with Gasteiger partial charge in [0.2, 0.25) is 11.7 Å². The van der Waals surface area contributed by atoms with Crippen LogP contribution < -0.4 is 0 Å². The molecule has 7 heteroatoms. The van der Waals surface area contributed by atoms with Gasteiger partial charge in [-0.2, -0.15) is 0 Å². The molecule has 0 aliphatic heterocycles. The number of thioether (sulfide) groups is 1. The first-order valence-electron chi connectivity index (χ1n) is 8.52. The summed E-state index contributed by atoms with van der Waals surface area (Å²) in [6.07, 6.45) is 0. The van der Waals surface area contributed by atoms with Crippen molar-refractivity contribution in [2.24, 2.45) is 0 Å². The number of aromatic amines is 1. The molecule has 132 valence electrons. The summed E-state index contributed by atoms with van der Waals surface area (Å²) in [5.41, 5.74) is 3.03. The summed E-state index contributed by atoms with van der Waals surface area (Å²) >= 11 is 1.43. The molecule has 0 bridgehead atoms. The standard InChI is InChI=1S/C19H19N5OS/c1-2-23(12-14-8-4-3-5-9-14)17(25)13-26-19-22-21-18-20-15-10-6-7-11-16(15)24(18)19/h3-11H,2,12-13H2,1H3,(H,20,21). The van der Waals surface area contributed by atoms with E-state index < -0.39 is 0 Å². The molecule has 0 saturated heterocycles. The summed E-state index contributed by atoms with van der Waals surface area (Å²) in [4.78, 5) is 19.0. The van der Waals surface area contributed by atoms with Gasteiger partial charge in [-0.3, -0.25) is 9.20 Å². The van der Waals surface area contributed by atoms with Gasteiger partial charge in [0.1, 0.15) is 0 Å². The number of nitrogens with one attached hydrogen (secondary N) is 1. The van der Waals surface area contributed by atoms with Crippen LogP contribution >= 0.6 is 11.8 Å². The number of hydrogen-bond donors (Lipinski definition) is 1. The van der Waals surface area contributed by atoms with E-state index >= 15 is 0 Å². The summed E-state index contributed by atoms with van der Waals surface area (Å²) in [6.45, 7) is 3.31. The third-order valence-electron chi connectivity index (χ3n) is 4.28. The van der Waals surface area contributed by atoms with E-state index in [9.17, 15) is 4.79 Å². The normalized spacial score (nSPS) is 11.3. The second-order valence-corrected chi connectivity index (χ2v) is 6.89. The van der Waals surface area contributed by atoms with E-state index in [2.05, 4.69) is 15.2 Å². The summed E-state index contributed by atoms with van der Waals surface area (Å²) in [5, 5.41) is 8.00. The van der Waals surface area contributed by atoms with Gasteiger partial charge in [-0.1, -0.05) is 54.2 Å². The fourth-order valence-corrected chi connectivity index (χ4v) is 3.80. The number of nitrogens with zero attached hydrogens (tertiary/aromatic N) is 4. The third-order valence-corrected chi connectivity index (χ3v) is 5.20. The zero-order chi connectivity index (χ0) is 17.9. The highest BCUT2D eigenvalue weighted by atomic mass is 32.2. The van der Waals surface area contributed by atoms with E-state index in [0.29, 0.717) is 24.6 Å². The third kappa shape index (κ3) is 3.17. The van der Waals surface area contributed by atoms with Crippen LogP contribution in [0.3, 0.4) is 0 Å². The Morgan fingerprint density at radius 1 is 1.15 bits per heavy atom. The molecule has 0 radical (unpaired) electrons. The van der Waals surface area contributed by atoms with Crippen LogP contribution in [0.4, 0.5) is 0 Å². The number of hydrogen-bond acceptors (Lipinski definition) is 4. The molecule has 26 heavy (non-hydrogen) atoms. The Bertz CT molecular complexity index is 1040. The lowest BCUT2D eigenvalue weighted by Gasteiger charge is -2.20. The highest BCUT2D eigenvalue weighted by molar-refractivity contribution is 7.99. The summed E-state index contributed by atoms with van der Waals surface area (Å²) in [5.74, 6) is 1.13. The minimum Gasteiger partial charge on any atom is -0.338 e. The highest BCUT2D eigenvalue weighted by Crippen LogP contribution is 2.23. The van der Waals surface area contributed by atoms with E-state index in [1.54, 1.807) is 0 Å². The molecule has 2 aromatic heterocycles. The van der Waals surface area contributed by atoms with Crippen molar-refractivity contribution >= 4 is 34.5 Å². The van der Waals surface area contributed by atoms with Crippen LogP contribution in [0.5, 0.6) is 0 Å². The van der Waals surface area contributed by atoms with Gasteiger partial charge in [0, 0.05) is 13.1 Å². The molecule has 1 N–H and O–H groups in total. The molecule has 0 unspecified atom stereocenters. The first-order chi connectivity index (χ1) is 12.8. The molecular weight excluding hydrogens is 346 g/mol. The molecule has 0 aliphatic carbocycles. The molecule has 0 aliphatic rings. The van der Waals surface area contributed by atoms with Crippen LogP contribution in [-0.2, 0) is 11.3 Å². The zero-order valence-corrected chi connectivity index (χ0v) is 15.2. The van der Waals surface area contributed by atoms with Gasteiger partial charge in [0.25, 0.3) is 0 Å². The molecular formula is C19H19N5OS. The van der Waals surface area contributed by atoms with Gasteiger partial charge in [0.05, 0.1) is 16.8 Å². The van der Waals surface area contributed by atoms with Crippen molar-refractivity contribution in [3.05, 3.63) is 60.2 Å². The van der Waals surface area contributed by atoms with E-state index in [0.717, 1.165) is 21.8 Å². The summed E-state index contributed by atoms with van der Waals surface area (Å²) in [7, 11) is 0. The Morgan fingerprint density at radius 2 is 1.92 bits per heavy atom. The lowest BCUT2D eigenvalue weighted by atomic mass is 10.2. The number of amides is 1. The predicted octanol–water partition coefficient (Wildman–Crippen LogP) is 3.35.